The molecule has 2 aliphatic rings. The Morgan fingerprint density at radius 2 is 0.800 bits per heavy atom. The van der Waals surface area contributed by atoms with Crippen molar-refractivity contribution in [3.8, 4) is 67.5 Å². The molecule has 0 atom stereocenters. The standard InChI is InChI=1S/C51H37N3S/c1-50(2)39-21-8-5-15-35(39)44-37(19-12-23-41(44)50)48-52-47(53-49(54-48)38-20-13-24-42-45(38)36-16-6-9-22-40(36)51(42,3)4)31-28-26-30(27-29-31)32-17-11-18-34-33-14-7-10-25-43(33)55-46(32)34/h5-29H,1-4H3. The molecule has 0 radical (unpaired) electrons. The molecule has 11 rings (SSSR count). The summed E-state index contributed by atoms with van der Waals surface area (Å²) in [6, 6.07) is 54.9. The normalized spacial score (nSPS) is 14.5. The highest BCUT2D eigenvalue weighted by Crippen LogP contribution is 2.53. The molecule has 7 aromatic carbocycles. The summed E-state index contributed by atoms with van der Waals surface area (Å²) in [5, 5.41) is 2.61. The summed E-state index contributed by atoms with van der Waals surface area (Å²) in [6.07, 6.45) is 0. The molecule has 0 fully saturated rings. The topological polar surface area (TPSA) is 38.7 Å². The molecule has 0 saturated carbocycles. The number of rotatable bonds is 4. The molecule has 2 aromatic heterocycles. The lowest BCUT2D eigenvalue weighted by Gasteiger charge is -2.21. The number of aromatic nitrogens is 3. The first kappa shape index (κ1) is 32.2. The van der Waals surface area contributed by atoms with Crippen molar-refractivity contribution in [2.75, 3.05) is 0 Å². The minimum absolute atomic E-state index is 0.136. The molecular formula is C51H37N3S. The summed E-state index contributed by atoms with van der Waals surface area (Å²) in [5.74, 6) is 2.04. The number of fused-ring (bicyclic) bond motifs is 9. The van der Waals surface area contributed by atoms with Crippen LogP contribution in [-0.2, 0) is 10.8 Å². The van der Waals surface area contributed by atoms with Crippen molar-refractivity contribution in [1.29, 1.82) is 0 Å². The third kappa shape index (κ3) is 4.65. The van der Waals surface area contributed by atoms with E-state index in [1.165, 1.54) is 75.8 Å². The highest BCUT2D eigenvalue weighted by atomic mass is 32.1. The number of benzene rings is 7. The van der Waals surface area contributed by atoms with Crippen LogP contribution in [0.1, 0.15) is 49.9 Å². The summed E-state index contributed by atoms with van der Waals surface area (Å²) in [7, 11) is 0. The molecule has 0 amide bonds. The average molecular weight is 724 g/mol. The second-order valence-electron chi connectivity index (χ2n) is 16.0. The Kier molecular flexibility index (Phi) is 6.82. The lowest BCUT2D eigenvalue weighted by atomic mass is 9.82. The summed E-state index contributed by atoms with van der Waals surface area (Å²) < 4.78 is 2.62. The molecule has 2 heterocycles. The fraction of sp³-hybridized carbons (Fsp3) is 0.118. The van der Waals surface area contributed by atoms with Crippen LogP contribution >= 0.6 is 11.3 Å². The van der Waals surface area contributed by atoms with E-state index in [4.69, 9.17) is 15.0 Å². The van der Waals surface area contributed by atoms with Gasteiger partial charge in [0.2, 0.25) is 0 Å². The highest BCUT2D eigenvalue weighted by molar-refractivity contribution is 7.26. The number of hydrogen-bond donors (Lipinski definition) is 0. The van der Waals surface area contributed by atoms with Crippen LogP contribution in [0, 0.1) is 0 Å². The lowest BCUT2D eigenvalue weighted by Crippen LogP contribution is -2.15. The maximum atomic E-state index is 5.39. The maximum Gasteiger partial charge on any atom is 0.164 e. The Balaban J connectivity index is 1.12. The molecule has 2 aliphatic carbocycles. The molecule has 9 aromatic rings. The van der Waals surface area contributed by atoms with Crippen LogP contribution in [0.4, 0.5) is 0 Å². The quantitative estimate of drug-likeness (QED) is 0.181. The first-order chi connectivity index (χ1) is 26.8. The van der Waals surface area contributed by atoms with Crippen molar-refractivity contribution in [2.45, 2.75) is 38.5 Å². The second-order valence-corrected chi connectivity index (χ2v) is 17.0. The second kappa shape index (κ2) is 11.6. The minimum atomic E-state index is -0.136. The summed E-state index contributed by atoms with van der Waals surface area (Å²) in [5.41, 5.74) is 15.3. The van der Waals surface area contributed by atoms with Crippen LogP contribution in [0.25, 0.3) is 87.7 Å². The number of nitrogens with zero attached hydrogens (tertiary/aromatic N) is 3. The van der Waals surface area contributed by atoms with E-state index in [1.54, 1.807) is 0 Å². The van der Waals surface area contributed by atoms with Crippen molar-refractivity contribution in [3.05, 3.63) is 174 Å². The van der Waals surface area contributed by atoms with E-state index in [2.05, 4.69) is 179 Å². The van der Waals surface area contributed by atoms with Crippen molar-refractivity contribution in [3.63, 3.8) is 0 Å². The summed E-state index contributed by atoms with van der Waals surface area (Å²) in [4.78, 5) is 16.0. The lowest BCUT2D eigenvalue weighted by molar-refractivity contribution is 0.660. The largest absolute Gasteiger partial charge is 0.208 e. The van der Waals surface area contributed by atoms with Crippen molar-refractivity contribution in [2.24, 2.45) is 0 Å². The molecule has 0 N–H and O–H groups in total. The zero-order valence-electron chi connectivity index (χ0n) is 31.2. The third-order valence-electron chi connectivity index (χ3n) is 12.2. The van der Waals surface area contributed by atoms with Crippen molar-refractivity contribution in [1.82, 2.24) is 15.0 Å². The molecule has 3 nitrogen and oxygen atoms in total. The fourth-order valence-corrected chi connectivity index (χ4v) is 10.6. The molecule has 0 bridgehead atoms. The molecule has 0 spiro atoms. The van der Waals surface area contributed by atoms with Gasteiger partial charge in [-0.25, -0.2) is 15.0 Å². The predicted molar refractivity (Wildman–Crippen MR) is 230 cm³/mol. The van der Waals surface area contributed by atoms with E-state index in [9.17, 15) is 0 Å². The van der Waals surface area contributed by atoms with Crippen LogP contribution in [0.2, 0.25) is 0 Å². The summed E-state index contributed by atoms with van der Waals surface area (Å²) in [6.45, 7) is 9.27. The number of hydrogen-bond acceptors (Lipinski definition) is 4. The van der Waals surface area contributed by atoms with Crippen LogP contribution in [0.5, 0.6) is 0 Å². The van der Waals surface area contributed by atoms with E-state index in [0.29, 0.717) is 17.5 Å². The van der Waals surface area contributed by atoms with Gasteiger partial charge in [-0.1, -0.05) is 173 Å². The third-order valence-corrected chi connectivity index (χ3v) is 13.4. The van der Waals surface area contributed by atoms with E-state index in [0.717, 1.165) is 16.7 Å². The van der Waals surface area contributed by atoms with Gasteiger partial charge in [0, 0.05) is 47.7 Å². The zero-order chi connectivity index (χ0) is 37.1. The fourth-order valence-electron chi connectivity index (χ4n) is 9.40. The van der Waals surface area contributed by atoms with Crippen LogP contribution in [-0.4, -0.2) is 15.0 Å². The molecule has 0 saturated heterocycles. The zero-order valence-corrected chi connectivity index (χ0v) is 32.0. The Morgan fingerprint density at radius 3 is 1.42 bits per heavy atom. The van der Waals surface area contributed by atoms with Crippen LogP contribution in [0.15, 0.2) is 152 Å². The van der Waals surface area contributed by atoms with Crippen molar-refractivity contribution >= 4 is 31.5 Å². The Labute approximate surface area is 325 Å². The molecule has 262 valence electrons. The average Bonchev–Trinajstić information content (AvgIpc) is 3.81. The summed E-state index contributed by atoms with van der Waals surface area (Å²) >= 11 is 1.86. The van der Waals surface area contributed by atoms with Crippen LogP contribution in [0.3, 0.4) is 0 Å². The van der Waals surface area contributed by atoms with Gasteiger partial charge in [0.1, 0.15) is 0 Å². The van der Waals surface area contributed by atoms with Gasteiger partial charge in [-0.05, 0) is 61.7 Å². The Hall–Kier alpha value is -6.23. The van der Waals surface area contributed by atoms with Gasteiger partial charge >= 0.3 is 0 Å². The first-order valence-corrected chi connectivity index (χ1v) is 19.9. The van der Waals surface area contributed by atoms with Gasteiger partial charge in [0.15, 0.2) is 17.5 Å². The van der Waals surface area contributed by atoms with Gasteiger partial charge < -0.3 is 0 Å². The SMILES string of the molecule is CC1(C)c2ccccc2-c2c(-c3nc(-c4ccc(-c5cccc6c5sc5ccccc56)cc4)nc(-c4cccc5c4-c4ccccc4C5(C)C)n3)cccc21. The molecule has 55 heavy (non-hydrogen) atoms. The van der Waals surface area contributed by atoms with Gasteiger partial charge in [0.05, 0.1) is 0 Å². The van der Waals surface area contributed by atoms with Gasteiger partial charge in [-0.2, -0.15) is 0 Å². The van der Waals surface area contributed by atoms with E-state index in [-0.39, 0.29) is 10.8 Å². The molecular weight excluding hydrogens is 687 g/mol. The van der Waals surface area contributed by atoms with Crippen LogP contribution < -0.4 is 0 Å². The smallest absolute Gasteiger partial charge is 0.164 e. The van der Waals surface area contributed by atoms with E-state index < -0.39 is 0 Å². The minimum Gasteiger partial charge on any atom is -0.208 e. The number of thiophene rings is 1. The van der Waals surface area contributed by atoms with E-state index in [1.807, 2.05) is 11.3 Å². The highest BCUT2D eigenvalue weighted by Gasteiger charge is 2.39. The first-order valence-electron chi connectivity index (χ1n) is 19.0. The Bertz CT molecular complexity index is 2910. The van der Waals surface area contributed by atoms with Gasteiger partial charge in [-0.3, -0.25) is 0 Å². The monoisotopic (exact) mass is 723 g/mol. The molecule has 0 unspecified atom stereocenters. The Morgan fingerprint density at radius 1 is 0.364 bits per heavy atom. The molecule has 4 heteroatoms. The maximum absolute atomic E-state index is 5.39. The predicted octanol–water partition coefficient (Wildman–Crippen LogP) is 13.5. The van der Waals surface area contributed by atoms with Crippen molar-refractivity contribution < 1.29 is 0 Å². The van der Waals surface area contributed by atoms with E-state index >= 15 is 0 Å². The molecule has 0 aliphatic heterocycles. The van der Waals surface area contributed by atoms with Gasteiger partial charge in [-0.15, -0.1) is 11.3 Å². The van der Waals surface area contributed by atoms with Gasteiger partial charge in [0.25, 0.3) is 0 Å².